The van der Waals surface area contributed by atoms with Gasteiger partial charge in [-0.15, -0.1) is 0 Å². The van der Waals surface area contributed by atoms with Gasteiger partial charge in [-0.05, 0) is 31.7 Å². The second-order valence-electron chi connectivity index (χ2n) is 4.73. The molecule has 1 aliphatic carbocycles. The quantitative estimate of drug-likeness (QED) is 0.746. The van der Waals surface area contributed by atoms with Crippen LogP contribution in [0.25, 0.3) is 0 Å². The largest absolute Gasteiger partial charge is 0.388 e. The molecule has 16 heavy (non-hydrogen) atoms. The van der Waals surface area contributed by atoms with Gasteiger partial charge in [0.15, 0.2) is 0 Å². The Balaban J connectivity index is 2.11. The summed E-state index contributed by atoms with van der Waals surface area (Å²) in [5.41, 5.74) is 2.29. The second-order valence-corrected chi connectivity index (χ2v) is 4.73. The average Bonchev–Trinajstić information content (AvgIpc) is 2.57. The van der Waals surface area contributed by atoms with Crippen molar-refractivity contribution < 1.29 is 5.11 Å². The van der Waals surface area contributed by atoms with Crippen LogP contribution in [0.5, 0.6) is 0 Å². The van der Waals surface area contributed by atoms with Crippen LogP contribution >= 0.6 is 0 Å². The molecule has 0 aromatic heterocycles. The van der Waals surface area contributed by atoms with Gasteiger partial charge in [0.2, 0.25) is 0 Å². The number of benzene rings is 1. The fraction of sp³-hybridized carbons (Fsp3) is 0.467. The first-order chi connectivity index (χ1) is 7.77. The van der Waals surface area contributed by atoms with E-state index in [1.165, 1.54) is 18.4 Å². The molecular weight excluding hydrogens is 196 g/mol. The van der Waals surface area contributed by atoms with Crippen molar-refractivity contribution in [3.63, 3.8) is 0 Å². The first-order valence-corrected chi connectivity index (χ1v) is 6.18. The molecule has 0 heterocycles. The van der Waals surface area contributed by atoms with Crippen molar-refractivity contribution in [2.75, 3.05) is 0 Å². The van der Waals surface area contributed by atoms with E-state index >= 15 is 0 Å². The molecule has 1 aromatic carbocycles. The van der Waals surface area contributed by atoms with Crippen LogP contribution in [0, 0.1) is 12.8 Å². The minimum atomic E-state index is -0.338. The van der Waals surface area contributed by atoms with Gasteiger partial charge in [0, 0.05) is 5.92 Å². The summed E-state index contributed by atoms with van der Waals surface area (Å²) in [6.45, 7) is 2.07. The van der Waals surface area contributed by atoms with E-state index in [-0.39, 0.29) is 6.10 Å². The maximum atomic E-state index is 10.3. The third-order valence-electron chi connectivity index (χ3n) is 3.37. The summed E-state index contributed by atoms with van der Waals surface area (Å²) in [5, 5.41) is 10.3. The molecule has 1 heteroatoms. The van der Waals surface area contributed by atoms with E-state index in [1.807, 2.05) is 12.1 Å². The zero-order chi connectivity index (χ0) is 11.4. The van der Waals surface area contributed by atoms with Gasteiger partial charge in [0.05, 0.1) is 6.10 Å². The summed E-state index contributed by atoms with van der Waals surface area (Å²) in [6, 6.07) is 8.22. The number of rotatable bonds is 2. The minimum Gasteiger partial charge on any atom is -0.388 e. The average molecular weight is 216 g/mol. The first kappa shape index (κ1) is 11.4. The SMILES string of the molecule is Cc1ccc(C(O)C2C=CCCCC2)cc1. The van der Waals surface area contributed by atoms with Crippen molar-refractivity contribution in [1.29, 1.82) is 0 Å². The van der Waals surface area contributed by atoms with Crippen molar-refractivity contribution in [1.82, 2.24) is 0 Å². The van der Waals surface area contributed by atoms with Crippen LogP contribution in [0.15, 0.2) is 36.4 Å². The smallest absolute Gasteiger partial charge is 0.0852 e. The first-order valence-electron chi connectivity index (χ1n) is 6.18. The van der Waals surface area contributed by atoms with Gasteiger partial charge < -0.3 is 5.11 Å². The molecular formula is C15H20O. The molecule has 0 fully saturated rings. The van der Waals surface area contributed by atoms with Crippen molar-refractivity contribution in [3.05, 3.63) is 47.5 Å². The van der Waals surface area contributed by atoms with Crippen LogP contribution in [-0.4, -0.2) is 5.11 Å². The van der Waals surface area contributed by atoms with Crippen molar-refractivity contribution in [2.45, 2.75) is 38.7 Å². The molecule has 0 saturated heterocycles. The van der Waals surface area contributed by atoms with E-state index in [1.54, 1.807) is 0 Å². The zero-order valence-electron chi connectivity index (χ0n) is 9.89. The molecule has 1 aromatic rings. The maximum Gasteiger partial charge on any atom is 0.0852 e. The van der Waals surface area contributed by atoms with Gasteiger partial charge in [-0.2, -0.15) is 0 Å². The Morgan fingerprint density at radius 2 is 1.94 bits per heavy atom. The maximum absolute atomic E-state index is 10.3. The summed E-state index contributed by atoms with van der Waals surface area (Å²) in [7, 11) is 0. The van der Waals surface area contributed by atoms with Gasteiger partial charge in [-0.3, -0.25) is 0 Å². The summed E-state index contributed by atoms with van der Waals surface area (Å²) in [4.78, 5) is 0. The van der Waals surface area contributed by atoms with Gasteiger partial charge in [-0.25, -0.2) is 0 Å². The third-order valence-corrected chi connectivity index (χ3v) is 3.37. The summed E-state index contributed by atoms with van der Waals surface area (Å²) in [5.74, 6) is 0.296. The highest BCUT2D eigenvalue weighted by Gasteiger charge is 2.18. The summed E-state index contributed by atoms with van der Waals surface area (Å²) < 4.78 is 0. The lowest BCUT2D eigenvalue weighted by Crippen LogP contribution is -2.09. The fourth-order valence-corrected chi connectivity index (χ4v) is 2.28. The number of aliphatic hydroxyl groups excluding tert-OH is 1. The lowest BCUT2D eigenvalue weighted by molar-refractivity contribution is 0.126. The number of hydrogen-bond acceptors (Lipinski definition) is 1. The molecule has 0 amide bonds. The monoisotopic (exact) mass is 216 g/mol. The third kappa shape index (κ3) is 2.73. The van der Waals surface area contributed by atoms with E-state index in [0.29, 0.717) is 5.92 Å². The normalized spacial score (nSPS) is 22.8. The highest BCUT2D eigenvalue weighted by Crippen LogP contribution is 2.29. The molecule has 0 bridgehead atoms. The van der Waals surface area contributed by atoms with Crippen LogP contribution in [0.3, 0.4) is 0 Å². The van der Waals surface area contributed by atoms with E-state index in [4.69, 9.17) is 0 Å². The number of hydrogen-bond donors (Lipinski definition) is 1. The molecule has 1 aliphatic rings. The minimum absolute atomic E-state index is 0.296. The van der Waals surface area contributed by atoms with Gasteiger partial charge >= 0.3 is 0 Å². The highest BCUT2D eigenvalue weighted by atomic mass is 16.3. The topological polar surface area (TPSA) is 20.2 Å². The standard InChI is InChI=1S/C15H20O/c1-12-8-10-14(11-9-12)15(16)13-6-4-2-3-5-7-13/h4,6,8-11,13,15-16H,2-3,5,7H2,1H3. The Hall–Kier alpha value is -1.08. The molecule has 1 N–H and O–H groups in total. The van der Waals surface area contributed by atoms with Crippen molar-refractivity contribution >= 4 is 0 Å². The van der Waals surface area contributed by atoms with Crippen LogP contribution in [0.2, 0.25) is 0 Å². The molecule has 0 aliphatic heterocycles. The Morgan fingerprint density at radius 1 is 1.19 bits per heavy atom. The van der Waals surface area contributed by atoms with Crippen molar-refractivity contribution in [2.24, 2.45) is 5.92 Å². The van der Waals surface area contributed by atoms with Crippen LogP contribution < -0.4 is 0 Å². The molecule has 2 atom stereocenters. The van der Waals surface area contributed by atoms with Gasteiger partial charge in [0.1, 0.15) is 0 Å². The lowest BCUT2D eigenvalue weighted by Gasteiger charge is -2.19. The number of aryl methyl sites for hydroxylation is 1. The Labute approximate surface area is 97.8 Å². The van der Waals surface area contributed by atoms with E-state index < -0.39 is 0 Å². The number of allylic oxidation sites excluding steroid dienone is 1. The predicted molar refractivity (Wildman–Crippen MR) is 67.2 cm³/mol. The van der Waals surface area contributed by atoms with Crippen molar-refractivity contribution in [3.8, 4) is 0 Å². The molecule has 2 rings (SSSR count). The second kappa shape index (κ2) is 5.31. The lowest BCUT2D eigenvalue weighted by atomic mass is 9.92. The summed E-state index contributed by atoms with van der Waals surface area (Å²) >= 11 is 0. The van der Waals surface area contributed by atoms with E-state index in [2.05, 4.69) is 31.2 Å². The highest BCUT2D eigenvalue weighted by molar-refractivity contribution is 5.24. The van der Waals surface area contributed by atoms with Crippen LogP contribution in [-0.2, 0) is 0 Å². The summed E-state index contributed by atoms with van der Waals surface area (Å²) in [6.07, 6.45) is 8.82. The zero-order valence-corrected chi connectivity index (χ0v) is 9.89. The predicted octanol–water partition coefficient (Wildman–Crippen LogP) is 3.77. The van der Waals surface area contributed by atoms with Crippen LogP contribution in [0.1, 0.15) is 42.9 Å². The molecule has 2 unspecified atom stereocenters. The molecule has 86 valence electrons. The Bertz CT molecular complexity index is 350. The molecule has 0 saturated carbocycles. The number of aliphatic hydroxyl groups is 1. The van der Waals surface area contributed by atoms with Gasteiger partial charge in [-0.1, -0.05) is 48.4 Å². The Morgan fingerprint density at radius 3 is 2.69 bits per heavy atom. The molecule has 0 spiro atoms. The van der Waals surface area contributed by atoms with Crippen LogP contribution in [0.4, 0.5) is 0 Å². The van der Waals surface area contributed by atoms with E-state index in [0.717, 1.165) is 18.4 Å². The molecule has 1 nitrogen and oxygen atoms in total. The fourth-order valence-electron chi connectivity index (χ4n) is 2.28. The van der Waals surface area contributed by atoms with E-state index in [9.17, 15) is 5.11 Å². The Kier molecular flexibility index (Phi) is 3.79. The van der Waals surface area contributed by atoms with Gasteiger partial charge in [0.25, 0.3) is 0 Å². The molecule has 0 radical (unpaired) electrons.